The number of benzene rings is 3. The number of sulfonamides is 1. The van der Waals surface area contributed by atoms with Gasteiger partial charge in [-0.2, -0.15) is 8.78 Å². The fourth-order valence-corrected chi connectivity index (χ4v) is 4.50. The number of nitrogens with zero attached hydrogens (tertiary/aromatic N) is 1. The van der Waals surface area contributed by atoms with Crippen LogP contribution in [-0.4, -0.2) is 32.9 Å². The van der Waals surface area contributed by atoms with Gasteiger partial charge in [-0.05, 0) is 60.2 Å². The highest BCUT2D eigenvalue weighted by Gasteiger charge is 2.22. The maximum Gasteiger partial charge on any atom is 0.387 e. The highest BCUT2D eigenvalue weighted by molar-refractivity contribution is 7.92. The number of rotatable bonds is 8. The quantitative estimate of drug-likeness (QED) is 0.466. The van der Waals surface area contributed by atoms with Gasteiger partial charge in [-0.25, -0.2) is 12.8 Å². The van der Waals surface area contributed by atoms with E-state index in [9.17, 15) is 26.4 Å². The Hall–Kier alpha value is -3.24. The number of hydrogen-bond acceptors (Lipinski definition) is 4. The maximum absolute atomic E-state index is 13.1. The van der Waals surface area contributed by atoms with Crippen molar-refractivity contribution < 1.29 is 31.1 Å². The van der Waals surface area contributed by atoms with Crippen molar-refractivity contribution in [2.75, 3.05) is 11.8 Å². The normalized spacial score (nSPS) is 11.3. The second-order valence-electron chi connectivity index (χ2n) is 6.94. The molecule has 3 aromatic carbocycles. The topological polar surface area (TPSA) is 75.7 Å². The lowest BCUT2D eigenvalue weighted by Crippen LogP contribution is -2.26. The van der Waals surface area contributed by atoms with E-state index in [0.29, 0.717) is 5.56 Å². The van der Waals surface area contributed by atoms with Crippen molar-refractivity contribution >= 4 is 33.2 Å². The van der Waals surface area contributed by atoms with Crippen LogP contribution in [0.3, 0.4) is 0 Å². The van der Waals surface area contributed by atoms with E-state index >= 15 is 0 Å². The predicted octanol–water partition coefficient (Wildman–Crippen LogP) is 5.15. The summed E-state index contributed by atoms with van der Waals surface area (Å²) in [6.45, 7) is -2.81. The van der Waals surface area contributed by atoms with Crippen LogP contribution >= 0.6 is 11.6 Å². The van der Waals surface area contributed by atoms with Gasteiger partial charge < -0.3 is 9.64 Å². The zero-order valence-electron chi connectivity index (χ0n) is 17.1. The molecule has 3 aromatic rings. The van der Waals surface area contributed by atoms with Gasteiger partial charge in [0.25, 0.3) is 15.9 Å². The molecule has 0 heterocycles. The van der Waals surface area contributed by atoms with E-state index in [2.05, 4.69) is 9.46 Å². The lowest BCUT2D eigenvalue weighted by atomic mass is 10.1. The molecule has 1 amide bonds. The first-order valence-corrected chi connectivity index (χ1v) is 11.3. The molecule has 11 heteroatoms. The number of nitrogens with one attached hydrogen (secondary N) is 1. The summed E-state index contributed by atoms with van der Waals surface area (Å²) in [7, 11) is -2.66. The number of anilines is 1. The molecule has 0 aliphatic heterocycles. The smallest absolute Gasteiger partial charge is 0.387 e. The Labute approximate surface area is 193 Å². The number of halogens is 4. The molecule has 0 spiro atoms. The summed E-state index contributed by atoms with van der Waals surface area (Å²) >= 11 is 6.07. The minimum Gasteiger partial charge on any atom is -0.435 e. The van der Waals surface area contributed by atoms with Gasteiger partial charge in [-0.3, -0.25) is 9.52 Å². The fraction of sp³-hybridized carbons (Fsp3) is 0.136. The largest absolute Gasteiger partial charge is 0.435 e. The van der Waals surface area contributed by atoms with Crippen molar-refractivity contribution in [3.63, 3.8) is 0 Å². The Morgan fingerprint density at radius 3 is 2.30 bits per heavy atom. The van der Waals surface area contributed by atoms with E-state index in [4.69, 9.17) is 11.6 Å². The number of alkyl halides is 2. The maximum atomic E-state index is 13.1. The molecule has 0 aromatic heterocycles. The molecule has 0 bridgehead atoms. The Balaban J connectivity index is 1.77. The minimum absolute atomic E-state index is 0.0102. The number of amides is 1. The van der Waals surface area contributed by atoms with Crippen LogP contribution in [0.15, 0.2) is 71.6 Å². The standard InChI is InChI=1S/C22H18ClF3N2O4S/c1-28(13-14-2-9-18(10-3-14)32-22(25)26)21(29)15-4-11-19(23)20(12-15)33(30,31)27-17-7-5-16(24)6-8-17/h2-12,22,27H,13H2,1H3. The molecule has 1 N–H and O–H groups in total. The molecule has 0 aliphatic carbocycles. The zero-order chi connectivity index (χ0) is 24.2. The van der Waals surface area contributed by atoms with E-state index in [1.807, 2.05) is 0 Å². The summed E-state index contributed by atoms with van der Waals surface area (Å²) in [6, 6.07) is 14.3. The summed E-state index contributed by atoms with van der Waals surface area (Å²) in [5, 5.41) is -0.0987. The average molecular weight is 499 g/mol. The van der Waals surface area contributed by atoms with Gasteiger partial charge in [0.05, 0.1) is 5.02 Å². The van der Waals surface area contributed by atoms with Crippen LogP contribution in [0.2, 0.25) is 5.02 Å². The first kappa shape index (κ1) is 24.4. The zero-order valence-corrected chi connectivity index (χ0v) is 18.7. The first-order valence-electron chi connectivity index (χ1n) is 9.42. The monoisotopic (exact) mass is 498 g/mol. The molecule has 174 valence electrons. The molecule has 0 fully saturated rings. The van der Waals surface area contributed by atoms with E-state index in [0.717, 1.165) is 18.2 Å². The molecule has 33 heavy (non-hydrogen) atoms. The fourth-order valence-electron chi connectivity index (χ4n) is 2.91. The molecule has 0 saturated heterocycles. The Kier molecular flexibility index (Phi) is 7.50. The number of ether oxygens (including phenoxy) is 1. The molecule has 0 atom stereocenters. The molecular formula is C22H18ClF3N2O4S. The van der Waals surface area contributed by atoms with Crippen molar-refractivity contribution in [1.82, 2.24) is 4.90 Å². The summed E-state index contributed by atoms with van der Waals surface area (Å²) in [5.74, 6) is -1.02. The molecule has 3 rings (SSSR count). The lowest BCUT2D eigenvalue weighted by Gasteiger charge is -2.18. The van der Waals surface area contributed by atoms with Gasteiger partial charge >= 0.3 is 6.61 Å². The number of carbonyl (C=O) groups is 1. The van der Waals surface area contributed by atoms with Crippen LogP contribution in [0.4, 0.5) is 18.9 Å². The van der Waals surface area contributed by atoms with Crippen LogP contribution in [0.5, 0.6) is 5.75 Å². The molecule has 0 radical (unpaired) electrons. The van der Waals surface area contributed by atoms with Crippen molar-refractivity contribution in [3.05, 3.63) is 88.7 Å². The minimum atomic E-state index is -4.16. The third-order valence-electron chi connectivity index (χ3n) is 4.48. The van der Waals surface area contributed by atoms with Gasteiger partial charge in [0.1, 0.15) is 16.5 Å². The lowest BCUT2D eigenvalue weighted by molar-refractivity contribution is -0.0498. The summed E-state index contributed by atoms with van der Waals surface area (Å²) < 4.78 is 69.7. The van der Waals surface area contributed by atoms with Crippen molar-refractivity contribution in [1.29, 1.82) is 0 Å². The van der Waals surface area contributed by atoms with Gasteiger partial charge in [-0.1, -0.05) is 23.7 Å². The second-order valence-corrected chi connectivity index (χ2v) is 9.00. The third kappa shape index (κ3) is 6.39. The molecule has 6 nitrogen and oxygen atoms in total. The highest BCUT2D eigenvalue weighted by atomic mass is 35.5. The van der Waals surface area contributed by atoms with Crippen LogP contribution in [0, 0.1) is 5.82 Å². The van der Waals surface area contributed by atoms with Crippen molar-refractivity contribution in [3.8, 4) is 5.75 Å². The second kappa shape index (κ2) is 10.1. The average Bonchev–Trinajstić information content (AvgIpc) is 2.76. The first-order chi connectivity index (χ1) is 15.5. The highest BCUT2D eigenvalue weighted by Crippen LogP contribution is 2.26. The predicted molar refractivity (Wildman–Crippen MR) is 118 cm³/mol. The summed E-state index contributed by atoms with van der Waals surface area (Å²) in [5.41, 5.74) is 0.840. The van der Waals surface area contributed by atoms with E-state index in [-0.39, 0.29) is 33.5 Å². The van der Waals surface area contributed by atoms with Gasteiger partial charge in [0, 0.05) is 24.8 Å². The van der Waals surface area contributed by atoms with Crippen LogP contribution in [-0.2, 0) is 16.6 Å². The third-order valence-corrected chi connectivity index (χ3v) is 6.34. The molecular weight excluding hydrogens is 481 g/mol. The molecule has 0 aliphatic rings. The van der Waals surface area contributed by atoms with Crippen molar-refractivity contribution in [2.24, 2.45) is 0 Å². The summed E-state index contributed by atoms with van der Waals surface area (Å²) in [6.07, 6.45) is 0. The Morgan fingerprint density at radius 1 is 1.06 bits per heavy atom. The number of hydrogen-bond donors (Lipinski definition) is 1. The van der Waals surface area contributed by atoms with Gasteiger partial charge in [0.2, 0.25) is 0 Å². The molecule has 0 saturated carbocycles. The molecule has 0 unspecified atom stereocenters. The van der Waals surface area contributed by atoms with Gasteiger partial charge in [-0.15, -0.1) is 0 Å². The van der Waals surface area contributed by atoms with E-state index in [1.165, 1.54) is 60.5 Å². The summed E-state index contributed by atoms with van der Waals surface area (Å²) in [4.78, 5) is 13.9. The number of carbonyl (C=O) groups excluding carboxylic acids is 1. The van der Waals surface area contributed by atoms with Crippen molar-refractivity contribution in [2.45, 2.75) is 18.1 Å². The Bertz CT molecular complexity index is 1240. The van der Waals surface area contributed by atoms with Crippen LogP contribution in [0.25, 0.3) is 0 Å². The SMILES string of the molecule is CN(Cc1ccc(OC(F)F)cc1)C(=O)c1ccc(Cl)c(S(=O)(=O)Nc2ccc(F)cc2)c1. The Morgan fingerprint density at radius 2 is 1.70 bits per heavy atom. The van der Waals surface area contributed by atoms with Crippen LogP contribution in [0.1, 0.15) is 15.9 Å². The van der Waals surface area contributed by atoms with E-state index in [1.54, 1.807) is 0 Å². The van der Waals surface area contributed by atoms with Crippen LogP contribution < -0.4 is 9.46 Å². The van der Waals surface area contributed by atoms with Gasteiger partial charge in [0.15, 0.2) is 0 Å². The van der Waals surface area contributed by atoms with E-state index < -0.39 is 28.4 Å².